The third-order valence-corrected chi connectivity index (χ3v) is 13.6. The Balaban J connectivity index is 2.48. The Morgan fingerprint density at radius 2 is 1.93 bits per heavy atom. The number of allylic oxidation sites excluding steroid dienone is 1. The standard InChI is InChI=1S/C12H12ClN3O5S.C2H2F3.In/c1-21-9-4-2-8(3-5-9)6-11(22(15,19)20)12(14)10(7-13)16(17)18;1-2(3,4)5;/h2-5,11H,6H2,1H3,(H2,15,19,20);1H2;/q-1;;+1. The minimum absolute atomic E-state index is 0.312. The van der Waals surface area contributed by atoms with Gasteiger partial charge in [0.1, 0.15) is 0 Å². The van der Waals surface area contributed by atoms with Crippen LogP contribution >= 0.6 is 11.6 Å². The summed E-state index contributed by atoms with van der Waals surface area (Å²) in [4.78, 5) is 10.4. The average Bonchev–Trinajstić information content (AvgIpc) is 2.86. The van der Waals surface area contributed by atoms with Crippen molar-refractivity contribution >= 4 is 49.1 Å². The Kier molecular flexibility index (Phi) is 7.05. The van der Waals surface area contributed by atoms with Crippen molar-refractivity contribution in [3.63, 3.8) is 0 Å². The molecule has 1 atom stereocenters. The number of benzene rings is 1. The first-order valence-corrected chi connectivity index (χ1v) is 15.1. The van der Waals surface area contributed by atoms with Crippen molar-refractivity contribution in [1.29, 1.82) is 0 Å². The maximum atomic E-state index is 12.8. The van der Waals surface area contributed by atoms with Crippen LogP contribution in [0.1, 0.15) is 5.56 Å². The van der Waals surface area contributed by atoms with Crippen LogP contribution in [-0.4, -0.2) is 59.3 Å². The molecule has 1 aliphatic heterocycles. The molecule has 28 heavy (non-hydrogen) atoms. The molecule has 0 spiro atoms. The molecule has 152 valence electrons. The van der Waals surface area contributed by atoms with Crippen LogP contribution in [0.5, 0.6) is 5.75 Å². The minimum atomic E-state index is -4.62. The summed E-state index contributed by atoms with van der Waals surface area (Å²) in [6.45, 7) is 0. The van der Waals surface area contributed by atoms with E-state index in [9.17, 15) is 31.7 Å². The number of hydrogen-bond donors (Lipinski definition) is 1. The summed E-state index contributed by atoms with van der Waals surface area (Å²) in [7, 11) is -3.00. The number of rotatable bonds is 7. The number of alkyl halides is 3. The number of primary sulfonamides is 1. The Morgan fingerprint density at radius 1 is 1.36 bits per heavy atom. The summed E-state index contributed by atoms with van der Waals surface area (Å²) in [5.74, 6) is 0.490. The molecule has 0 saturated carbocycles. The first-order chi connectivity index (χ1) is 12.8. The van der Waals surface area contributed by atoms with Crippen molar-refractivity contribution < 1.29 is 31.2 Å². The molecule has 0 fully saturated rings. The molecule has 0 bridgehead atoms. The van der Waals surface area contributed by atoms with Crippen LogP contribution < -0.4 is 9.88 Å². The summed E-state index contributed by atoms with van der Waals surface area (Å²) in [6.07, 6.45) is -4.93. The fourth-order valence-electron chi connectivity index (χ4n) is 2.68. The second-order valence-electron chi connectivity index (χ2n) is 5.93. The van der Waals surface area contributed by atoms with Gasteiger partial charge in [0.2, 0.25) is 0 Å². The second-order valence-corrected chi connectivity index (χ2v) is 15.6. The van der Waals surface area contributed by atoms with Crippen molar-refractivity contribution in [2.24, 2.45) is 8.12 Å². The van der Waals surface area contributed by atoms with Crippen molar-refractivity contribution in [3.05, 3.63) is 48.4 Å². The summed E-state index contributed by atoms with van der Waals surface area (Å²) < 4.78 is 69.4. The Morgan fingerprint density at radius 3 is 2.36 bits per heavy atom. The number of hydrogen-bond acceptors (Lipinski definition) is 6. The zero-order chi connectivity index (χ0) is 21.3. The van der Waals surface area contributed by atoms with Crippen molar-refractivity contribution in [1.82, 2.24) is 0 Å². The maximum absolute atomic E-state index is 12.8. The zero-order valence-corrected chi connectivity index (χ0v) is 19.2. The molecule has 1 aromatic carbocycles. The molecule has 8 nitrogen and oxygen atoms in total. The molecule has 1 unspecified atom stereocenters. The topological polar surface area (TPSA) is 125 Å². The first kappa shape index (κ1) is 23.0. The Bertz CT molecular complexity index is 935. The number of nitrogens with zero attached hydrogens (tertiary/aromatic N) is 2. The van der Waals surface area contributed by atoms with E-state index < -0.39 is 66.5 Å². The predicted octanol–water partition coefficient (Wildman–Crippen LogP) is 2.17. The van der Waals surface area contributed by atoms with Gasteiger partial charge in [0, 0.05) is 0 Å². The molecular weight excluding hydrogens is 530 g/mol. The number of sulfonamides is 1. The molecule has 14 heteroatoms. The van der Waals surface area contributed by atoms with E-state index in [0.717, 1.165) is 0 Å². The van der Waals surface area contributed by atoms with E-state index in [0.29, 0.717) is 11.3 Å². The molecule has 0 radical (unpaired) electrons. The van der Waals surface area contributed by atoms with Crippen LogP contribution in [0.25, 0.3) is 0 Å². The molecule has 2 N–H and O–H groups in total. The van der Waals surface area contributed by atoms with Gasteiger partial charge in [0.15, 0.2) is 0 Å². The Hall–Kier alpha value is -1.31. The summed E-state index contributed by atoms with van der Waals surface area (Å²) in [6, 6.07) is 6.10. The van der Waals surface area contributed by atoms with Gasteiger partial charge in [-0.05, 0) is 0 Å². The van der Waals surface area contributed by atoms with Gasteiger partial charge >= 0.3 is 172 Å². The molecule has 0 amide bonds. The summed E-state index contributed by atoms with van der Waals surface area (Å²) in [5.41, 5.74) is -1.05. The number of nitrogens with two attached hydrogens (primary N) is 1. The van der Waals surface area contributed by atoms with E-state index in [2.05, 4.69) is 2.98 Å². The van der Waals surface area contributed by atoms with Crippen LogP contribution in [-0.2, 0) is 16.4 Å². The molecule has 1 heterocycles. The number of halogens is 4. The first-order valence-electron chi connectivity index (χ1n) is 7.67. The molecule has 0 aromatic heterocycles. The fraction of sp³-hybridized carbons (Fsp3) is 0.357. The third kappa shape index (κ3) is 5.61. The number of ether oxygens (including phenoxy) is 1. The van der Waals surface area contributed by atoms with E-state index in [-0.39, 0.29) is 6.42 Å². The monoisotopic (exact) mass is 543 g/mol. The van der Waals surface area contributed by atoms with Crippen molar-refractivity contribution in [2.75, 3.05) is 7.11 Å². The van der Waals surface area contributed by atoms with Gasteiger partial charge in [-0.25, -0.2) is 0 Å². The van der Waals surface area contributed by atoms with Gasteiger partial charge in [-0.1, -0.05) is 0 Å². The van der Waals surface area contributed by atoms with Crippen molar-refractivity contribution in [3.8, 4) is 5.75 Å². The van der Waals surface area contributed by atoms with Gasteiger partial charge in [0.25, 0.3) is 0 Å². The Labute approximate surface area is 171 Å². The second kappa shape index (κ2) is 8.59. The van der Waals surface area contributed by atoms with E-state index in [1.807, 2.05) is 0 Å². The zero-order valence-electron chi connectivity index (χ0n) is 14.3. The quantitative estimate of drug-likeness (QED) is 0.417. The molecule has 2 rings (SSSR count). The predicted molar refractivity (Wildman–Crippen MR) is 97.5 cm³/mol. The molecule has 0 saturated heterocycles. The normalized spacial score (nSPS) is 16.2. The van der Waals surface area contributed by atoms with Crippen LogP contribution in [0.4, 0.5) is 13.2 Å². The van der Waals surface area contributed by atoms with Crippen LogP contribution in [0.2, 0.25) is 4.18 Å². The molecule has 0 aliphatic carbocycles. The van der Waals surface area contributed by atoms with Crippen LogP contribution in [0.3, 0.4) is 0 Å². The van der Waals surface area contributed by atoms with Crippen LogP contribution in [0.15, 0.2) is 35.7 Å². The van der Waals surface area contributed by atoms with Gasteiger partial charge < -0.3 is 0 Å². The molecular formula is C14H14ClF3InN3O5S. The number of methoxy groups -OCH3 is 1. The van der Waals surface area contributed by atoms with Gasteiger partial charge in [-0.15, -0.1) is 0 Å². The molecule has 1 aliphatic rings. The van der Waals surface area contributed by atoms with Gasteiger partial charge in [0.05, 0.1) is 0 Å². The van der Waals surface area contributed by atoms with Gasteiger partial charge in [-0.3, -0.25) is 0 Å². The fourth-order valence-corrected chi connectivity index (χ4v) is 10.7. The third-order valence-electron chi connectivity index (χ3n) is 3.95. The summed E-state index contributed by atoms with van der Waals surface area (Å²) >= 11 is 1.63. The van der Waals surface area contributed by atoms with E-state index in [1.54, 1.807) is 0 Å². The van der Waals surface area contributed by atoms with E-state index >= 15 is 0 Å². The van der Waals surface area contributed by atoms with Gasteiger partial charge in [-0.2, -0.15) is 0 Å². The summed E-state index contributed by atoms with van der Waals surface area (Å²) in [5, 5.41) is 14.9. The van der Waals surface area contributed by atoms with Crippen LogP contribution in [0, 0.1) is 10.1 Å². The van der Waals surface area contributed by atoms with E-state index in [1.165, 1.54) is 31.4 Å². The van der Waals surface area contributed by atoms with E-state index in [4.69, 9.17) is 21.5 Å². The number of nitro groups is 1. The molecule has 1 aromatic rings. The average molecular weight is 544 g/mol. The SMILES string of the molecule is COc1ccc(CC(C2=[N][In]([CH2]C(F)(F)F)[C](Cl)=C2[N+](=O)[O-])S(N)(=O)=O)cc1. The van der Waals surface area contributed by atoms with Crippen molar-refractivity contribution in [2.45, 2.75) is 22.0 Å².